The largest absolute Gasteiger partial charge is 0.290 e. The van der Waals surface area contributed by atoms with Crippen LogP contribution in [-0.4, -0.2) is 15.5 Å². The number of hydrogen-bond acceptors (Lipinski definition) is 2. The molecule has 0 aliphatic carbocycles. The number of sulfonamides is 1. The van der Waals surface area contributed by atoms with Gasteiger partial charge in [-0.15, -0.1) is 0 Å². The van der Waals surface area contributed by atoms with Gasteiger partial charge in [-0.05, 0) is 17.7 Å². The summed E-state index contributed by atoms with van der Waals surface area (Å²) in [6.07, 6.45) is 0.321. The van der Waals surface area contributed by atoms with Gasteiger partial charge in [-0.3, -0.25) is 9.41 Å². The van der Waals surface area contributed by atoms with Crippen LogP contribution in [0.1, 0.15) is 11.1 Å². The van der Waals surface area contributed by atoms with Crippen LogP contribution in [0, 0.1) is 0 Å². The quantitative estimate of drug-likeness (QED) is 0.730. The molecule has 0 bridgehead atoms. The number of para-hydroxylation sites is 1. The van der Waals surface area contributed by atoms with Crippen LogP contribution in [0.15, 0.2) is 45.8 Å². The first-order chi connectivity index (χ1) is 9.41. The normalized spacial score (nSPS) is 16.2. The van der Waals surface area contributed by atoms with Gasteiger partial charge < -0.3 is 0 Å². The van der Waals surface area contributed by atoms with Gasteiger partial charge in [-0.2, -0.15) is 0 Å². The maximum atomic E-state index is 12.7. The van der Waals surface area contributed by atoms with Gasteiger partial charge in [0.25, 0.3) is 10.0 Å². The standard InChI is InChI=1S/C14H11BrNO3S/c1-16-12-5-3-2-4-9(12)6-11-13(17)7-10(15)8-14(11)20(16,18)19/h2-5,7-8H,6H2,1H3. The molecule has 1 aliphatic rings. The first-order valence-corrected chi connectivity index (χ1v) is 8.21. The average molecular weight is 353 g/mol. The lowest BCUT2D eigenvalue weighted by atomic mass is 10.0. The number of anilines is 1. The Bertz CT molecular complexity index is 802. The fourth-order valence-electron chi connectivity index (χ4n) is 2.43. The summed E-state index contributed by atoms with van der Waals surface area (Å²) in [5.74, 6) is -0.261. The lowest BCUT2D eigenvalue weighted by Gasteiger charge is -2.19. The van der Waals surface area contributed by atoms with Crippen LogP contribution in [0.25, 0.3) is 0 Å². The van der Waals surface area contributed by atoms with Crippen LogP contribution in [-0.2, 0) is 21.6 Å². The second-order valence-electron chi connectivity index (χ2n) is 4.66. The second-order valence-corrected chi connectivity index (χ2v) is 7.51. The molecule has 0 aromatic heterocycles. The number of benzene rings is 2. The molecule has 103 valence electrons. The zero-order chi connectivity index (χ0) is 14.5. The van der Waals surface area contributed by atoms with Gasteiger partial charge in [-0.25, -0.2) is 8.42 Å². The number of fused-ring (bicyclic) bond motifs is 2. The van der Waals surface area contributed by atoms with Gasteiger partial charge in [0.2, 0.25) is 0 Å². The molecule has 0 saturated carbocycles. The molecule has 6 heteroatoms. The Morgan fingerprint density at radius 1 is 1.20 bits per heavy atom. The molecule has 0 amide bonds. The van der Waals surface area contributed by atoms with Crippen molar-refractivity contribution in [3.8, 4) is 5.75 Å². The molecule has 2 aromatic carbocycles. The van der Waals surface area contributed by atoms with E-state index in [9.17, 15) is 13.5 Å². The van der Waals surface area contributed by atoms with Gasteiger partial charge >= 0.3 is 0 Å². The van der Waals surface area contributed by atoms with Gasteiger partial charge in [0, 0.05) is 29.6 Å². The van der Waals surface area contributed by atoms with Crippen molar-refractivity contribution >= 4 is 31.6 Å². The van der Waals surface area contributed by atoms with Gasteiger partial charge in [0.05, 0.1) is 10.6 Å². The molecule has 4 nitrogen and oxygen atoms in total. The van der Waals surface area contributed by atoms with E-state index in [0.29, 0.717) is 22.1 Å². The maximum absolute atomic E-state index is 12.7. The molecule has 1 heterocycles. The zero-order valence-corrected chi connectivity index (χ0v) is 13.0. The molecule has 0 spiro atoms. The third kappa shape index (κ3) is 1.91. The van der Waals surface area contributed by atoms with Crippen LogP contribution in [0.2, 0.25) is 0 Å². The highest BCUT2D eigenvalue weighted by molar-refractivity contribution is 9.10. The first-order valence-electron chi connectivity index (χ1n) is 5.97. The number of halogens is 1. The molecule has 20 heavy (non-hydrogen) atoms. The Labute approximate surface area is 125 Å². The van der Waals surface area contributed by atoms with Gasteiger partial charge in [0.15, 0.2) is 5.75 Å². The van der Waals surface area contributed by atoms with E-state index in [1.54, 1.807) is 12.1 Å². The Kier molecular flexibility index (Phi) is 3.02. The Balaban J connectivity index is 2.39. The zero-order valence-electron chi connectivity index (χ0n) is 10.6. The van der Waals surface area contributed by atoms with Crippen molar-refractivity contribution in [2.45, 2.75) is 11.3 Å². The summed E-state index contributed by atoms with van der Waals surface area (Å²) in [4.78, 5) is 0.0792. The lowest BCUT2D eigenvalue weighted by Crippen LogP contribution is -2.26. The van der Waals surface area contributed by atoms with E-state index < -0.39 is 10.0 Å². The third-order valence-corrected chi connectivity index (χ3v) is 5.77. The molecule has 1 radical (unpaired) electrons. The van der Waals surface area contributed by atoms with E-state index in [1.165, 1.54) is 23.5 Å². The SMILES string of the molecule is CN1c2ccccc2Cc2c([O])cc(Br)cc2S1(=O)=O. The average Bonchev–Trinajstić information content (AvgIpc) is 2.48. The van der Waals surface area contributed by atoms with Crippen molar-refractivity contribution in [1.29, 1.82) is 0 Å². The van der Waals surface area contributed by atoms with Crippen LogP contribution in [0.3, 0.4) is 0 Å². The minimum Gasteiger partial charge on any atom is -0.290 e. The Hall–Kier alpha value is -1.53. The second kappa shape index (κ2) is 4.49. The fourth-order valence-corrected chi connectivity index (χ4v) is 4.51. The van der Waals surface area contributed by atoms with Crippen LogP contribution in [0.5, 0.6) is 5.75 Å². The molecule has 1 aliphatic heterocycles. The van der Waals surface area contributed by atoms with E-state index in [0.717, 1.165) is 5.56 Å². The van der Waals surface area contributed by atoms with Gasteiger partial charge in [0.1, 0.15) is 0 Å². The highest BCUT2D eigenvalue weighted by atomic mass is 79.9. The summed E-state index contributed by atoms with van der Waals surface area (Å²) in [6, 6.07) is 10.1. The molecule has 0 atom stereocenters. The summed E-state index contributed by atoms with van der Waals surface area (Å²) >= 11 is 3.19. The van der Waals surface area contributed by atoms with E-state index in [1.807, 2.05) is 12.1 Å². The number of hydrogen-bond donors (Lipinski definition) is 0. The smallest absolute Gasteiger partial charge is 0.264 e. The van der Waals surface area contributed by atoms with Crippen molar-refractivity contribution in [1.82, 2.24) is 0 Å². The highest BCUT2D eigenvalue weighted by Gasteiger charge is 2.31. The van der Waals surface area contributed by atoms with Gasteiger partial charge in [-0.1, -0.05) is 34.1 Å². The summed E-state index contributed by atoms with van der Waals surface area (Å²) in [7, 11) is -2.20. The van der Waals surface area contributed by atoms with E-state index >= 15 is 0 Å². The minimum absolute atomic E-state index is 0.0792. The van der Waals surface area contributed by atoms with Crippen LogP contribution >= 0.6 is 15.9 Å². The summed E-state index contributed by atoms with van der Waals surface area (Å²) in [5, 5.41) is 12.1. The third-order valence-electron chi connectivity index (χ3n) is 3.47. The predicted octanol–water partition coefficient (Wildman–Crippen LogP) is 3.32. The Morgan fingerprint density at radius 3 is 2.65 bits per heavy atom. The predicted molar refractivity (Wildman–Crippen MR) is 79.1 cm³/mol. The van der Waals surface area contributed by atoms with Crippen molar-refractivity contribution in [3.05, 3.63) is 52.0 Å². The van der Waals surface area contributed by atoms with Crippen molar-refractivity contribution < 1.29 is 13.5 Å². The summed E-state index contributed by atoms with van der Waals surface area (Å²) in [5.41, 5.74) is 1.76. The molecule has 2 aromatic rings. The minimum atomic E-state index is -3.71. The molecule has 0 fully saturated rings. The number of rotatable bonds is 0. The van der Waals surface area contributed by atoms with E-state index in [2.05, 4.69) is 15.9 Å². The molecular formula is C14H11BrNO3S. The molecule has 3 rings (SSSR count). The number of nitrogens with zero attached hydrogens (tertiary/aromatic N) is 1. The first kappa shape index (κ1) is 13.5. The fraction of sp³-hybridized carbons (Fsp3) is 0.143. The summed E-state index contributed by atoms with van der Waals surface area (Å²) < 4.78 is 27.0. The van der Waals surface area contributed by atoms with Crippen molar-refractivity contribution in [2.24, 2.45) is 0 Å². The topological polar surface area (TPSA) is 57.3 Å². The molecule has 0 N–H and O–H groups in total. The molecule has 0 unspecified atom stereocenters. The molecular weight excluding hydrogens is 342 g/mol. The summed E-state index contributed by atoms with van der Waals surface area (Å²) in [6.45, 7) is 0. The van der Waals surface area contributed by atoms with Crippen molar-refractivity contribution in [2.75, 3.05) is 11.4 Å². The van der Waals surface area contributed by atoms with Crippen LogP contribution < -0.4 is 4.31 Å². The van der Waals surface area contributed by atoms with E-state index in [4.69, 9.17) is 0 Å². The van der Waals surface area contributed by atoms with E-state index in [-0.39, 0.29) is 10.6 Å². The van der Waals surface area contributed by atoms with Crippen LogP contribution in [0.4, 0.5) is 5.69 Å². The molecule has 0 saturated heterocycles. The Morgan fingerprint density at radius 2 is 1.90 bits per heavy atom. The maximum Gasteiger partial charge on any atom is 0.264 e. The lowest BCUT2D eigenvalue weighted by molar-refractivity contribution is 0.348. The monoisotopic (exact) mass is 352 g/mol. The van der Waals surface area contributed by atoms with Crippen molar-refractivity contribution in [3.63, 3.8) is 0 Å². The highest BCUT2D eigenvalue weighted by Crippen LogP contribution is 2.39.